The van der Waals surface area contributed by atoms with E-state index in [1.807, 2.05) is 6.92 Å². The second kappa shape index (κ2) is 8.93. The second-order valence-corrected chi connectivity index (χ2v) is 8.98. The Kier molecular flexibility index (Phi) is 6.52. The Morgan fingerprint density at radius 1 is 1.07 bits per heavy atom. The van der Waals surface area contributed by atoms with Crippen LogP contribution in [0, 0.1) is 11.7 Å². The fraction of sp³-hybridized carbons (Fsp3) is 0.333. The molecule has 0 aromatic heterocycles. The van der Waals surface area contributed by atoms with Gasteiger partial charge in [-0.25, -0.2) is 17.9 Å². The highest BCUT2D eigenvalue weighted by atomic mass is 32.2. The number of hydrogen-bond acceptors (Lipinski definition) is 4. The second-order valence-electron chi connectivity index (χ2n) is 7.42. The number of halogens is 1. The third-order valence-corrected chi connectivity index (χ3v) is 6.24. The minimum absolute atomic E-state index is 0.0166. The number of rotatable bonds is 5. The first-order valence-electron chi connectivity index (χ1n) is 9.63. The SMILES string of the molecule is C[C@@H](NC(=O)C1CCN(C(=O)c2ccc(F)cc2)CC1)c1ccc(S(N)(=O)=O)cc1. The summed E-state index contributed by atoms with van der Waals surface area (Å²) >= 11 is 0. The maximum atomic E-state index is 13.0. The van der Waals surface area contributed by atoms with Crippen LogP contribution in [-0.4, -0.2) is 38.2 Å². The smallest absolute Gasteiger partial charge is 0.253 e. The number of piperidine rings is 1. The number of carbonyl (C=O) groups excluding carboxylic acids is 2. The molecule has 0 saturated carbocycles. The molecule has 2 aromatic rings. The number of amides is 2. The molecule has 7 nitrogen and oxygen atoms in total. The molecule has 9 heteroatoms. The van der Waals surface area contributed by atoms with E-state index in [-0.39, 0.29) is 28.7 Å². The fourth-order valence-corrected chi connectivity index (χ4v) is 4.00. The van der Waals surface area contributed by atoms with Gasteiger partial charge < -0.3 is 10.2 Å². The monoisotopic (exact) mass is 433 g/mol. The predicted octanol–water partition coefficient (Wildman–Crippen LogP) is 2.20. The largest absolute Gasteiger partial charge is 0.349 e. The first-order chi connectivity index (χ1) is 14.1. The number of nitrogens with two attached hydrogens (primary N) is 1. The molecule has 1 aliphatic rings. The highest BCUT2D eigenvalue weighted by Crippen LogP contribution is 2.22. The predicted molar refractivity (Wildman–Crippen MR) is 109 cm³/mol. The van der Waals surface area contributed by atoms with Gasteiger partial charge in [0.2, 0.25) is 15.9 Å². The van der Waals surface area contributed by atoms with Gasteiger partial charge >= 0.3 is 0 Å². The van der Waals surface area contributed by atoms with E-state index in [2.05, 4.69) is 5.32 Å². The number of nitrogens with one attached hydrogen (secondary N) is 1. The third kappa shape index (κ3) is 5.22. The third-order valence-electron chi connectivity index (χ3n) is 5.31. The standard InChI is InChI=1S/C21H24FN3O4S/c1-14(15-4-8-19(9-5-15)30(23,28)29)24-20(26)16-10-12-25(13-11-16)21(27)17-2-6-18(22)7-3-17/h2-9,14,16H,10-13H2,1H3,(H,24,26)(H2,23,28,29)/t14-/m1/s1. The molecule has 160 valence electrons. The van der Waals surface area contributed by atoms with E-state index < -0.39 is 15.8 Å². The Balaban J connectivity index is 1.53. The lowest BCUT2D eigenvalue weighted by Crippen LogP contribution is -2.43. The summed E-state index contributed by atoms with van der Waals surface area (Å²) in [6.45, 7) is 2.72. The quantitative estimate of drug-likeness (QED) is 0.753. The minimum Gasteiger partial charge on any atom is -0.349 e. The first kappa shape index (κ1) is 21.9. The summed E-state index contributed by atoms with van der Waals surface area (Å²) in [5.74, 6) is -0.882. The van der Waals surface area contributed by atoms with Crippen LogP contribution < -0.4 is 10.5 Å². The molecule has 1 saturated heterocycles. The Labute approximate surface area is 175 Å². The van der Waals surface area contributed by atoms with Crippen molar-refractivity contribution in [2.45, 2.75) is 30.7 Å². The molecule has 0 spiro atoms. The van der Waals surface area contributed by atoms with Crippen LogP contribution in [0.3, 0.4) is 0 Å². The number of benzene rings is 2. The molecule has 0 aliphatic carbocycles. The molecule has 1 fully saturated rings. The average molecular weight is 434 g/mol. The Morgan fingerprint density at radius 3 is 2.17 bits per heavy atom. The highest BCUT2D eigenvalue weighted by molar-refractivity contribution is 7.89. The van der Waals surface area contributed by atoms with Crippen molar-refractivity contribution >= 4 is 21.8 Å². The van der Waals surface area contributed by atoms with Gasteiger partial charge in [0.25, 0.3) is 5.91 Å². The summed E-state index contributed by atoms with van der Waals surface area (Å²) in [5, 5.41) is 8.04. The van der Waals surface area contributed by atoms with Gasteiger partial charge in [-0.05, 0) is 61.7 Å². The lowest BCUT2D eigenvalue weighted by Gasteiger charge is -2.32. The number of nitrogens with zero attached hydrogens (tertiary/aromatic N) is 1. The van der Waals surface area contributed by atoms with E-state index in [4.69, 9.17) is 5.14 Å². The minimum atomic E-state index is -3.76. The van der Waals surface area contributed by atoms with E-state index in [1.165, 1.54) is 36.4 Å². The maximum absolute atomic E-state index is 13.0. The molecule has 1 atom stereocenters. The van der Waals surface area contributed by atoms with Gasteiger partial charge in [0.1, 0.15) is 5.82 Å². The lowest BCUT2D eigenvalue weighted by molar-refractivity contribution is -0.127. The van der Waals surface area contributed by atoms with Gasteiger partial charge in [-0.1, -0.05) is 12.1 Å². The Morgan fingerprint density at radius 2 is 1.63 bits per heavy atom. The normalized spacial score (nSPS) is 16.2. The maximum Gasteiger partial charge on any atom is 0.253 e. The Bertz CT molecular complexity index is 1020. The molecule has 2 aromatic carbocycles. The van der Waals surface area contributed by atoms with Crippen LogP contribution in [0.25, 0.3) is 0 Å². The van der Waals surface area contributed by atoms with Crippen molar-refractivity contribution in [2.24, 2.45) is 11.1 Å². The van der Waals surface area contributed by atoms with Gasteiger partial charge in [-0.3, -0.25) is 9.59 Å². The van der Waals surface area contributed by atoms with E-state index >= 15 is 0 Å². The molecular weight excluding hydrogens is 409 g/mol. The van der Waals surface area contributed by atoms with Gasteiger partial charge in [-0.15, -0.1) is 0 Å². The summed E-state index contributed by atoms with van der Waals surface area (Å²) in [6, 6.07) is 11.2. The number of hydrogen-bond donors (Lipinski definition) is 2. The van der Waals surface area contributed by atoms with E-state index in [9.17, 15) is 22.4 Å². The molecule has 1 aliphatic heterocycles. The van der Waals surface area contributed by atoms with Gasteiger partial charge in [0.15, 0.2) is 0 Å². The Hall–Kier alpha value is -2.78. The molecule has 30 heavy (non-hydrogen) atoms. The van der Waals surface area contributed by atoms with Crippen LogP contribution in [0.4, 0.5) is 4.39 Å². The van der Waals surface area contributed by atoms with E-state index in [0.29, 0.717) is 31.5 Å². The van der Waals surface area contributed by atoms with Crippen LogP contribution in [0.5, 0.6) is 0 Å². The molecule has 3 rings (SSSR count). The lowest BCUT2D eigenvalue weighted by atomic mass is 9.94. The zero-order valence-electron chi connectivity index (χ0n) is 16.5. The van der Waals surface area contributed by atoms with E-state index in [0.717, 1.165) is 5.56 Å². The summed E-state index contributed by atoms with van der Waals surface area (Å²) in [4.78, 5) is 26.8. The van der Waals surface area contributed by atoms with Crippen molar-refractivity contribution in [2.75, 3.05) is 13.1 Å². The number of sulfonamides is 1. The highest BCUT2D eigenvalue weighted by Gasteiger charge is 2.28. The van der Waals surface area contributed by atoms with Crippen molar-refractivity contribution in [3.05, 3.63) is 65.5 Å². The summed E-state index contributed by atoms with van der Waals surface area (Å²) in [5.41, 5.74) is 1.19. The number of primary sulfonamides is 1. The van der Waals surface area contributed by atoms with Crippen LogP contribution in [0.1, 0.15) is 41.7 Å². The van der Waals surface area contributed by atoms with Crippen LogP contribution in [0.15, 0.2) is 53.4 Å². The van der Waals surface area contributed by atoms with Crippen molar-refractivity contribution < 1.29 is 22.4 Å². The zero-order valence-corrected chi connectivity index (χ0v) is 17.4. The van der Waals surface area contributed by atoms with Crippen LogP contribution in [-0.2, 0) is 14.8 Å². The zero-order chi connectivity index (χ0) is 21.9. The molecule has 0 bridgehead atoms. The summed E-state index contributed by atoms with van der Waals surface area (Å²) in [6.07, 6.45) is 1.08. The number of likely N-dealkylation sites (tertiary alicyclic amines) is 1. The average Bonchev–Trinajstić information content (AvgIpc) is 2.73. The van der Waals surface area contributed by atoms with E-state index in [1.54, 1.807) is 17.0 Å². The molecule has 0 unspecified atom stereocenters. The molecule has 1 heterocycles. The van der Waals surface area contributed by atoms with Crippen LogP contribution in [0.2, 0.25) is 0 Å². The first-order valence-corrected chi connectivity index (χ1v) is 11.2. The van der Waals surface area contributed by atoms with Gasteiger partial charge in [0, 0.05) is 24.6 Å². The van der Waals surface area contributed by atoms with Gasteiger partial charge in [0.05, 0.1) is 10.9 Å². The topological polar surface area (TPSA) is 110 Å². The fourth-order valence-electron chi connectivity index (χ4n) is 3.48. The van der Waals surface area contributed by atoms with Gasteiger partial charge in [-0.2, -0.15) is 0 Å². The molecule has 0 radical (unpaired) electrons. The van der Waals surface area contributed by atoms with Crippen LogP contribution >= 0.6 is 0 Å². The molecule has 2 amide bonds. The van der Waals surface area contributed by atoms with Crippen molar-refractivity contribution in [1.29, 1.82) is 0 Å². The summed E-state index contributed by atoms with van der Waals surface area (Å²) in [7, 11) is -3.76. The number of carbonyl (C=O) groups is 2. The molecular formula is C21H24FN3O4S. The van der Waals surface area contributed by atoms with Crippen molar-refractivity contribution in [1.82, 2.24) is 10.2 Å². The van der Waals surface area contributed by atoms with Crippen molar-refractivity contribution in [3.8, 4) is 0 Å². The van der Waals surface area contributed by atoms with Crippen molar-refractivity contribution in [3.63, 3.8) is 0 Å². The molecule has 3 N–H and O–H groups in total. The summed E-state index contributed by atoms with van der Waals surface area (Å²) < 4.78 is 35.7.